The molecule has 1 fully saturated rings. The highest BCUT2D eigenvalue weighted by Crippen LogP contribution is 2.37. The standard InChI is InChI=1S/C25H26N4O2/c1-16(2)23-27-28-24(31-23)20-11-14-22(15-20)29(4)25(30)19-7-5-17(6-8-19)18-9-12-21(26-3)13-10-18/h5-10,12-13,16,20,22H,11,14-15H2,1-2,4H3/t20-,22+/m0/s1. The van der Waals surface area contributed by atoms with Gasteiger partial charge in [-0.1, -0.05) is 50.2 Å². The first-order chi connectivity index (χ1) is 15.0. The maximum Gasteiger partial charge on any atom is 0.253 e. The third kappa shape index (κ3) is 4.36. The van der Waals surface area contributed by atoms with Gasteiger partial charge in [0, 0.05) is 30.5 Å². The van der Waals surface area contributed by atoms with Crippen LogP contribution >= 0.6 is 0 Å². The van der Waals surface area contributed by atoms with Crippen molar-refractivity contribution in [3.05, 3.63) is 77.3 Å². The summed E-state index contributed by atoms with van der Waals surface area (Å²) < 4.78 is 5.83. The Morgan fingerprint density at radius 3 is 2.29 bits per heavy atom. The molecular weight excluding hydrogens is 388 g/mol. The third-order valence-electron chi connectivity index (χ3n) is 6.03. The SMILES string of the molecule is [C-]#[N+]c1ccc(-c2ccc(C(=O)N(C)[C@@H]3CC[C@H](c4nnc(C(C)C)o4)C3)cc2)cc1. The number of hydrogen-bond acceptors (Lipinski definition) is 4. The van der Waals surface area contributed by atoms with E-state index in [1.165, 1.54) is 0 Å². The smallest absolute Gasteiger partial charge is 0.253 e. The molecule has 2 atom stereocenters. The number of amides is 1. The van der Waals surface area contributed by atoms with E-state index in [2.05, 4.69) is 15.0 Å². The molecule has 0 radical (unpaired) electrons. The summed E-state index contributed by atoms with van der Waals surface area (Å²) in [6, 6.07) is 15.3. The number of aromatic nitrogens is 2. The highest BCUT2D eigenvalue weighted by Gasteiger charge is 2.34. The number of nitrogens with zero attached hydrogens (tertiary/aromatic N) is 4. The van der Waals surface area contributed by atoms with E-state index in [0.29, 0.717) is 23.0 Å². The van der Waals surface area contributed by atoms with Gasteiger partial charge in [0.15, 0.2) is 5.69 Å². The molecule has 0 aliphatic heterocycles. The summed E-state index contributed by atoms with van der Waals surface area (Å²) in [5, 5.41) is 8.37. The Morgan fingerprint density at radius 1 is 1.06 bits per heavy atom. The number of rotatable bonds is 5. The van der Waals surface area contributed by atoms with Gasteiger partial charge >= 0.3 is 0 Å². The van der Waals surface area contributed by atoms with E-state index in [0.717, 1.165) is 30.4 Å². The average molecular weight is 415 g/mol. The molecule has 1 aliphatic rings. The molecule has 0 N–H and O–H groups in total. The summed E-state index contributed by atoms with van der Waals surface area (Å²) in [5.74, 6) is 1.82. The number of hydrogen-bond donors (Lipinski definition) is 0. The molecule has 3 aromatic rings. The van der Waals surface area contributed by atoms with Crippen molar-refractivity contribution in [2.45, 2.75) is 51.0 Å². The van der Waals surface area contributed by atoms with E-state index in [4.69, 9.17) is 11.0 Å². The number of carbonyl (C=O) groups excluding carboxylic acids is 1. The van der Waals surface area contributed by atoms with Crippen molar-refractivity contribution >= 4 is 11.6 Å². The molecule has 0 spiro atoms. The predicted octanol–water partition coefficient (Wildman–Crippen LogP) is 5.82. The van der Waals surface area contributed by atoms with Crippen molar-refractivity contribution in [3.63, 3.8) is 0 Å². The van der Waals surface area contributed by atoms with Crippen LogP contribution in [0.4, 0.5) is 5.69 Å². The van der Waals surface area contributed by atoms with Gasteiger partial charge in [0.1, 0.15) is 0 Å². The zero-order valence-corrected chi connectivity index (χ0v) is 18.1. The van der Waals surface area contributed by atoms with E-state index >= 15 is 0 Å². The molecule has 1 aromatic heterocycles. The van der Waals surface area contributed by atoms with E-state index in [-0.39, 0.29) is 23.8 Å². The lowest BCUT2D eigenvalue weighted by Crippen LogP contribution is -2.35. The van der Waals surface area contributed by atoms with Gasteiger partial charge in [0.2, 0.25) is 11.8 Å². The van der Waals surface area contributed by atoms with Gasteiger partial charge in [-0.3, -0.25) is 4.79 Å². The first-order valence-electron chi connectivity index (χ1n) is 10.6. The van der Waals surface area contributed by atoms with Crippen LogP contribution in [0.1, 0.15) is 67.1 Å². The van der Waals surface area contributed by atoms with E-state index in [9.17, 15) is 4.79 Å². The molecule has 1 saturated carbocycles. The summed E-state index contributed by atoms with van der Waals surface area (Å²) in [6.45, 7) is 11.1. The molecule has 6 heteroatoms. The van der Waals surface area contributed by atoms with Crippen molar-refractivity contribution in [1.29, 1.82) is 0 Å². The van der Waals surface area contributed by atoms with Crippen molar-refractivity contribution in [2.24, 2.45) is 0 Å². The van der Waals surface area contributed by atoms with Crippen LogP contribution < -0.4 is 0 Å². The maximum atomic E-state index is 13.0. The van der Waals surface area contributed by atoms with Gasteiger partial charge in [-0.25, -0.2) is 4.85 Å². The number of carbonyl (C=O) groups is 1. The molecule has 1 amide bonds. The molecular formula is C25H26N4O2. The Kier molecular flexibility index (Phi) is 5.85. The minimum Gasteiger partial charge on any atom is -0.425 e. The van der Waals surface area contributed by atoms with Gasteiger partial charge in [0.05, 0.1) is 6.57 Å². The van der Waals surface area contributed by atoms with E-state index < -0.39 is 0 Å². The third-order valence-corrected chi connectivity index (χ3v) is 6.03. The van der Waals surface area contributed by atoms with Gasteiger partial charge in [-0.05, 0) is 42.5 Å². The summed E-state index contributed by atoms with van der Waals surface area (Å²) in [7, 11) is 1.87. The van der Waals surface area contributed by atoms with Crippen LogP contribution in [0.2, 0.25) is 0 Å². The fraction of sp³-hybridized carbons (Fsp3) is 0.360. The zero-order valence-electron chi connectivity index (χ0n) is 18.1. The van der Waals surface area contributed by atoms with Crippen molar-refractivity contribution in [2.75, 3.05) is 7.05 Å². The lowest BCUT2D eigenvalue weighted by atomic mass is 10.0. The maximum absolute atomic E-state index is 13.0. The molecule has 4 rings (SSSR count). The van der Waals surface area contributed by atoms with Crippen LogP contribution in [0, 0.1) is 6.57 Å². The van der Waals surface area contributed by atoms with Crippen LogP contribution in [0.15, 0.2) is 52.9 Å². The topological polar surface area (TPSA) is 63.6 Å². The highest BCUT2D eigenvalue weighted by molar-refractivity contribution is 5.94. The fourth-order valence-corrected chi connectivity index (χ4v) is 4.08. The van der Waals surface area contributed by atoms with Gasteiger partial charge in [0.25, 0.3) is 5.91 Å². The van der Waals surface area contributed by atoms with Crippen molar-refractivity contribution in [1.82, 2.24) is 15.1 Å². The molecule has 158 valence electrons. The molecule has 1 aliphatic carbocycles. The molecule has 0 saturated heterocycles. The van der Waals surface area contributed by atoms with Gasteiger partial charge in [-0.2, -0.15) is 0 Å². The molecule has 6 nitrogen and oxygen atoms in total. The minimum absolute atomic E-state index is 0.0222. The molecule has 0 bridgehead atoms. The van der Waals surface area contributed by atoms with E-state index in [1.54, 1.807) is 12.1 Å². The van der Waals surface area contributed by atoms with Gasteiger partial charge in [-0.15, -0.1) is 10.2 Å². The van der Waals surface area contributed by atoms with Gasteiger partial charge < -0.3 is 9.32 Å². The Labute approximate surface area is 182 Å². The van der Waals surface area contributed by atoms with Crippen molar-refractivity contribution in [3.8, 4) is 11.1 Å². The monoisotopic (exact) mass is 414 g/mol. The second-order valence-corrected chi connectivity index (χ2v) is 8.45. The van der Waals surface area contributed by atoms with Crippen LogP contribution in [0.25, 0.3) is 16.0 Å². The highest BCUT2D eigenvalue weighted by atomic mass is 16.4. The average Bonchev–Trinajstić information content (AvgIpc) is 3.48. The van der Waals surface area contributed by atoms with E-state index in [1.807, 2.05) is 62.2 Å². The van der Waals surface area contributed by atoms with Crippen LogP contribution in [0.5, 0.6) is 0 Å². The number of benzene rings is 2. The summed E-state index contributed by atoms with van der Waals surface area (Å²) >= 11 is 0. The Bertz CT molecular complexity index is 1090. The lowest BCUT2D eigenvalue weighted by molar-refractivity contribution is 0.0733. The summed E-state index contributed by atoms with van der Waals surface area (Å²) in [4.78, 5) is 18.3. The first-order valence-corrected chi connectivity index (χ1v) is 10.6. The largest absolute Gasteiger partial charge is 0.425 e. The Morgan fingerprint density at radius 2 is 1.71 bits per heavy atom. The lowest BCUT2D eigenvalue weighted by Gasteiger charge is -2.24. The molecule has 1 heterocycles. The van der Waals surface area contributed by atoms with Crippen LogP contribution in [-0.4, -0.2) is 34.1 Å². The second-order valence-electron chi connectivity index (χ2n) is 8.45. The first kappa shape index (κ1) is 20.8. The molecule has 0 unspecified atom stereocenters. The Balaban J connectivity index is 1.41. The predicted molar refractivity (Wildman–Crippen MR) is 119 cm³/mol. The minimum atomic E-state index is 0.0222. The van der Waals surface area contributed by atoms with Crippen molar-refractivity contribution < 1.29 is 9.21 Å². The summed E-state index contributed by atoms with van der Waals surface area (Å²) in [5.41, 5.74) is 3.34. The second kappa shape index (κ2) is 8.73. The zero-order chi connectivity index (χ0) is 22.0. The Hall–Kier alpha value is -3.46. The van der Waals surface area contributed by atoms with Crippen LogP contribution in [0.3, 0.4) is 0 Å². The molecule has 2 aromatic carbocycles. The quantitative estimate of drug-likeness (QED) is 0.494. The molecule has 31 heavy (non-hydrogen) atoms. The normalized spacial score (nSPS) is 18.2. The fourth-order valence-electron chi connectivity index (χ4n) is 4.08. The summed E-state index contributed by atoms with van der Waals surface area (Å²) in [6.07, 6.45) is 2.72. The van der Waals surface area contributed by atoms with Crippen LogP contribution in [-0.2, 0) is 0 Å².